The van der Waals surface area contributed by atoms with Crippen LogP contribution in [0.2, 0.25) is 0 Å². The van der Waals surface area contributed by atoms with Crippen LogP contribution in [0.4, 0.5) is 17.6 Å². The van der Waals surface area contributed by atoms with E-state index in [9.17, 15) is 32.3 Å². The first kappa shape index (κ1) is 24.0. The zero-order valence-electron chi connectivity index (χ0n) is 16.6. The van der Waals surface area contributed by atoms with Crippen molar-refractivity contribution in [2.45, 2.75) is 17.2 Å². The van der Waals surface area contributed by atoms with E-state index in [1.807, 2.05) is 4.98 Å². The Kier molecular flexibility index (Phi) is 7.39. The van der Waals surface area contributed by atoms with Gasteiger partial charge in [0.05, 0.1) is 29.2 Å². The van der Waals surface area contributed by atoms with E-state index in [4.69, 9.17) is 9.47 Å². The van der Waals surface area contributed by atoms with Crippen LogP contribution >= 0.6 is 11.8 Å². The molecule has 0 saturated carbocycles. The quantitative estimate of drug-likeness (QED) is 0.263. The van der Waals surface area contributed by atoms with E-state index in [1.54, 1.807) is 0 Å². The van der Waals surface area contributed by atoms with Crippen molar-refractivity contribution >= 4 is 22.7 Å². The van der Waals surface area contributed by atoms with Crippen LogP contribution < -0.4 is 11.2 Å². The number of ether oxygens (including phenoxy) is 2. The molecule has 0 bridgehead atoms. The summed E-state index contributed by atoms with van der Waals surface area (Å²) in [6.45, 7) is -0.604. The molecule has 0 amide bonds. The molecule has 32 heavy (non-hydrogen) atoms. The largest absolute Gasteiger partial charge is 0.417 e. The van der Waals surface area contributed by atoms with Crippen molar-refractivity contribution in [1.29, 1.82) is 0 Å². The van der Waals surface area contributed by atoms with E-state index < -0.39 is 41.5 Å². The molecule has 3 N–H and O–H groups in total. The van der Waals surface area contributed by atoms with Crippen molar-refractivity contribution in [3.63, 3.8) is 0 Å². The first-order chi connectivity index (χ1) is 15.2. The number of aromatic nitrogens is 2. The van der Waals surface area contributed by atoms with Crippen molar-refractivity contribution in [1.82, 2.24) is 9.97 Å². The Hall–Kier alpha value is -2.67. The summed E-state index contributed by atoms with van der Waals surface area (Å²) >= 11 is 0.849. The Bertz CT molecular complexity index is 1210. The molecule has 0 spiro atoms. The molecule has 1 aromatic heterocycles. The Morgan fingerprint density at radius 1 is 1.16 bits per heavy atom. The lowest BCUT2D eigenvalue weighted by Crippen LogP contribution is -2.24. The molecule has 3 aromatic rings. The highest BCUT2D eigenvalue weighted by molar-refractivity contribution is 7.99. The van der Waals surface area contributed by atoms with Crippen LogP contribution in [-0.2, 0) is 15.7 Å². The second-order valence-electron chi connectivity index (χ2n) is 6.65. The Balaban J connectivity index is 2.30. The van der Waals surface area contributed by atoms with Crippen LogP contribution in [0.15, 0.2) is 44.8 Å². The lowest BCUT2D eigenvalue weighted by Gasteiger charge is -2.21. The Morgan fingerprint density at radius 3 is 2.44 bits per heavy atom. The number of halogens is 4. The summed E-state index contributed by atoms with van der Waals surface area (Å²) < 4.78 is 65.5. The topological polar surface area (TPSA) is 104 Å². The molecule has 0 fully saturated rings. The van der Waals surface area contributed by atoms with Gasteiger partial charge in [-0.25, -0.2) is 9.18 Å². The molecule has 0 unspecified atom stereocenters. The third kappa shape index (κ3) is 5.21. The van der Waals surface area contributed by atoms with E-state index in [-0.39, 0.29) is 39.5 Å². The molecule has 0 saturated heterocycles. The van der Waals surface area contributed by atoms with Gasteiger partial charge in [-0.1, -0.05) is 12.1 Å². The summed E-state index contributed by atoms with van der Waals surface area (Å²) in [5.41, 5.74) is -3.43. The number of hydrogen-bond donors (Lipinski definition) is 3. The number of fused-ring (bicyclic) bond motifs is 1. The number of benzene rings is 2. The molecule has 0 aliphatic heterocycles. The second-order valence-corrected chi connectivity index (χ2v) is 7.68. The first-order valence-corrected chi connectivity index (χ1v) is 10.1. The fourth-order valence-electron chi connectivity index (χ4n) is 3.04. The Labute approximate surface area is 182 Å². The average Bonchev–Trinajstić information content (AvgIpc) is 2.73. The number of aliphatic hydroxyl groups is 1. The number of hydrogen-bond acceptors (Lipinski definition) is 6. The number of rotatable bonds is 8. The van der Waals surface area contributed by atoms with E-state index in [0.717, 1.165) is 23.9 Å². The molecule has 12 heteroatoms. The lowest BCUT2D eigenvalue weighted by molar-refractivity contribution is -0.137. The standard InChI is InChI=1S/C20H18F4N2O5S/c1-30-9-31-12(7-27)8-32-17-15(10-2-4-11(21)5-3-10)14(20(22,23)24)6-13-16(17)25-19(29)26-18(13)28/h2-6,12,27H,7-9H2,1H3,(H2,25,26,28,29)/t12-/m0/s1. The highest BCUT2D eigenvalue weighted by Gasteiger charge is 2.36. The summed E-state index contributed by atoms with van der Waals surface area (Å²) in [7, 11) is 1.37. The van der Waals surface area contributed by atoms with Gasteiger partial charge >= 0.3 is 11.9 Å². The fraction of sp³-hybridized carbons (Fsp3) is 0.300. The van der Waals surface area contributed by atoms with E-state index >= 15 is 0 Å². The van der Waals surface area contributed by atoms with Gasteiger partial charge in [-0.3, -0.25) is 9.78 Å². The molecule has 3 rings (SSSR count). The predicted octanol–water partition coefficient (Wildman–Crippen LogP) is 3.11. The van der Waals surface area contributed by atoms with Crippen LogP contribution in [0, 0.1) is 5.82 Å². The number of aromatic amines is 2. The molecule has 172 valence electrons. The zero-order valence-corrected chi connectivity index (χ0v) is 17.4. The minimum atomic E-state index is -4.86. The normalized spacial score (nSPS) is 12.9. The number of nitrogens with one attached hydrogen (secondary N) is 2. The minimum absolute atomic E-state index is 0.0285. The third-order valence-corrected chi connectivity index (χ3v) is 5.70. The van der Waals surface area contributed by atoms with Crippen molar-refractivity contribution in [2.24, 2.45) is 0 Å². The van der Waals surface area contributed by atoms with Gasteiger partial charge in [-0.05, 0) is 23.8 Å². The van der Waals surface area contributed by atoms with Crippen LogP contribution in [0.3, 0.4) is 0 Å². The van der Waals surface area contributed by atoms with Gasteiger partial charge in [-0.2, -0.15) is 13.2 Å². The van der Waals surface area contributed by atoms with E-state index in [2.05, 4.69) is 4.98 Å². The highest BCUT2D eigenvalue weighted by Crippen LogP contribution is 2.45. The summed E-state index contributed by atoms with van der Waals surface area (Å²) in [5.74, 6) is -0.672. The van der Waals surface area contributed by atoms with Gasteiger partial charge in [0.1, 0.15) is 12.6 Å². The van der Waals surface area contributed by atoms with Crippen LogP contribution in [-0.4, -0.2) is 47.4 Å². The molecule has 0 radical (unpaired) electrons. The fourth-order valence-corrected chi connectivity index (χ4v) is 4.27. The predicted molar refractivity (Wildman–Crippen MR) is 110 cm³/mol. The second kappa shape index (κ2) is 9.86. The van der Waals surface area contributed by atoms with Crippen LogP contribution in [0.25, 0.3) is 22.0 Å². The monoisotopic (exact) mass is 474 g/mol. The van der Waals surface area contributed by atoms with E-state index in [0.29, 0.717) is 6.07 Å². The highest BCUT2D eigenvalue weighted by atomic mass is 32.2. The summed E-state index contributed by atoms with van der Waals surface area (Å²) in [6, 6.07) is 5.01. The number of methoxy groups -OCH3 is 1. The maximum Gasteiger partial charge on any atom is 0.417 e. The number of H-pyrrole nitrogens is 2. The first-order valence-electron chi connectivity index (χ1n) is 9.16. The molecule has 1 heterocycles. The van der Waals surface area contributed by atoms with Gasteiger partial charge in [0.25, 0.3) is 5.56 Å². The maximum atomic E-state index is 14.0. The maximum absolute atomic E-state index is 14.0. The number of aliphatic hydroxyl groups excluding tert-OH is 1. The molecule has 1 atom stereocenters. The van der Waals surface area contributed by atoms with Crippen molar-refractivity contribution in [2.75, 3.05) is 26.3 Å². The SMILES string of the molecule is COCO[C@@H](CO)CSc1c(-c2ccc(F)cc2)c(C(F)(F)F)cc2c(=O)[nH]c(=O)[nH]c12. The molecular weight excluding hydrogens is 456 g/mol. The van der Waals surface area contributed by atoms with Gasteiger partial charge in [-0.15, -0.1) is 11.8 Å². The zero-order chi connectivity index (χ0) is 23.5. The molecular formula is C20H18F4N2O5S. The smallest absolute Gasteiger partial charge is 0.394 e. The lowest BCUT2D eigenvalue weighted by atomic mass is 9.97. The van der Waals surface area contributed by atoms with Gasteiger partial charge in [0.2, 0.25) is 0 Å². The number of alkyl halides is 3. The van der Waals surface area contributed by atoms with Gasteiger partial charge in [0.15, 0.2) is 0 Å². The van der Waals surface area contributed by atoms with Gasteiger partial charge < -0.3 is 19.6 Å². The van der Waals surface area contributed by atoms with E-state index in [1.165, 1.54) is 19.2 Å². The van der Waals surface area contributed by atoms with Crippen LogP contribution in [0.5, 0.6) is 0 Å². The average molecular weight is 474 g/mol. The third-order valence-electron chi connectivity index (χ3n) is 4.47. The van der Waals surface area contributed by atoms with Crippen molar-refractivity contribution < 1.29 is 32.1 Å². The number of thioether (sulfide) groups is 1. The summed E-state index contributed by atoms with van der Waals surface area (Å²) in [4.78, 5) is 28.4. The Morgan fingerprint density at radius 2 is 1.84 bits per heavy atom. The molecule has 2 aromatic carbocycles. The molecule has 0 aliphatic carbocycles. The molecule has 0 aliphatic rings. The van der Waals surface area contributed by atoms with Gasteiger partial charge in [0, 0.05) is 23.3 Å². The van der Waals surface area contributed by atoms with Crippen molar-refractivity contribution in [3.8, 4) is 11.1 Å². The summed E-state index contributed by atoms with van der Waals surface area (Å²) in [6.07, 6.45) is -5.67. The molecule has 7 nitrogen and oxygen atoms in total. The van der Waals surface area contributed by atoms with Crippen LogP contribution in [0.1, 0.15) is 5.56 Å². The van der Waals surface area contributed by atoms with Crippen molar-refractivity contribution in [3.05, 3.63) is 62.6 Å². The minimum Gasteiger partial charge on any atom is -0.394 e. The summed E-state index contributed by atoms with van der Waals surface area (Å²) in [5, 5.41) is 9.13.